The molecule has 0 saturated heterocycles. The van der Waals surface area contributed by atoms with E-state index in [1.807, 2.05) is 12.4 Å². The highest BCUT2D eigenvalue weighted by atomic mass is 32.2. The van der Waals surface area contributed by atoms with Crippen molar-refractivity contribution in [1.82, 2.24) is 4.98 Å². The summed E-state index contributed by atoms with van der Waals surface area (Å²) < 4.78 is 0. The number of nitrogens with zero attached hydrogens (tertiary/aromatic N) is 1. The minimum atomic E-state index is -0.144. The van der Waals surface area contributed by atoms with Crippen LogP contribution in [0.25, 0.3) is 11.1 Å². The maximum absolute atomic E-state index is 6.35. The van der Waals surface area contributed by atoms with Crippen LogP contribution in [-0.2, 0) is 5.54 Å². The van der Waals surface area contributed by atoms with Crippen LogP contribution in [0, 0.1) is 0 Å². The van der Waals surface area contributed by atoms with Gasteiger partial charge in [-0.05, 0) is 47.9 Å². The van der Waals surface area contributed by atoms with Gasteiger partial charge in [-0.15, -0.1) is 11.8 Å². The van der Waals surface area contributed by atoms with E-state index >= 15 is 0 Å². The molecule has 1 heterocycles. The summed E-state index contributed by atoms with van der Waals surface area (Å²) in [5.41, 5.74) is 9.89. The molecule has 92 valence electrons. The van der Waals surface area contributed by atoms with Crippen molar-refractivity contribution in [2.24, 2.45) is 5.73 Å². The lowest BCUT2D eigenvalue weighted by Crippen LogP contribution is -2.20. The fourth-order valence-electron chi connectivity index (χ4n) is 2.30. The van der Waals surface area contributed by atoms with Gasteiger partial charge in [-0.1, -0.05) is 18.2 Å². The van der Waals surface area contributed by atoms with Crippen molar-refractivity contribution in [1.29, 1.82) is 0 Å². The quantitative estimate of drug-likeness (QED) is 0.855. The monoisotopic (exact) mass is 256 g/mol. The first-order chi connectivity index (χ1) is 8.74. The summed E-state index contributed by atoms with van der Waals surface area (Å²) in [5, 5.41) is 0. The van der Waals surface area contributed by atoms with Gasteiger partial charge in [0.05, 0.1) is 0 Å². The smallest absolute Gasteiger partial charge is 0.0432 e. The summed E-state index contributed by atoms with van der Waals surface area (Å²) in [6, 6.07) is 10.6. The van der Waals surface area contributed by atoms with Crippen LogP contribution in [-0.4, -0.2) is 11.2 Å². The van der Waals surface area contributed by atoms with Gasteiger partial charge in [0.25, 0.3) is 0 Å². The molecule has 0 spiro atoms. The van der Waals surface area contributed by atoms with Crippen molar-refractivity contribution < 1.29 is 0 Å². The van der Waals surface area contributed by atoms with Gasteiger partial charge in [0.15, 0.2) is 0 Å². The fourth-order valence-corrected chi connectivity index (χ4v) is 2.91. The average Bonchev–Trinajstić information content (AvgIpc) is 3.18. The Kier molecular flexibility index (Phi) is 2.88. The van der Waals surface area contributed by atoms with Crippen molar-refractivity contribution in [2.75, 3.05) is 6.26 Å². The largest absolute Gasteiger partial charge is 0.321 e. The third-order valence-electron chi connectivity index (χ3n) is 3.54. The molecule has 2 aromatic rings. The second-order valence-corrected chi connectivity index (χ2v) is 5.63. The summed E-state index contributed by atoms with van der Waals surface area (Å²) in [6.07, 6.45) is 8.01. The number of aromatic nitrogens is 1. The normalized spacial score (nSPS) is 16.6. The second kappa shape index (κ2) is 4.41. The molecule has 1 saturated carbocycles. The van der Waals surface area contributed by atoms with Gasteiger partial charge < -0.3 is 5.73 Å². The van der Waals surface area contributed by atoms with Crippen LogP contribution < -0.4 is 5.73 Å². The third kappa shape index (κ3) is 1.93. The zero-order valence-electron chi connectivity index (χ0n) is 10.4. The van der Waals surface area contributed by atoms with Crippen LogP contribution in [0.15, 0.2) is 47.6 Å². The fraction of sp³-hybridized carbons (Fsp3) is 0.267. The average molecular weight is 256 g/mol. The first-order valence-electron chi connectivity index (χ1n) is 6.11. The molecule has 18 heavy (non-hydrogen) atoms. The van der Waals surface area contributed by atoms with Crippen LogP contribution in [0.4, 0.5) is 0 Å². The zero-order chi connectivity index (χ0) is 12.6. The molecule has 1 aromatic carbocycles. The van der Waals surface area contributed by atoms with Gasteiger partial charge in [0.2, 0.25) is 0 Å². The van der Waals surface area contributed by atoms with Crippen molar-refractivity contribution in [2.45, 2.75) is 23.3 Å². The van der Waals surface area contributed by atoms with Gasteiger partial charge in [-0.2, -0.15) is 0 Å². The molecule has 0 radical (unpaired) electrons. The van der Waals surface area contributed by atoms with E-state index in [2.05, 4.69) is 41.6 Å². The van der Waals surface area contributed by atoms with Gasteiger partial charge in [-0.3, -0.25) is 4.98 Å². The van der Waals surface area contributed by atoms with Crippen LogP contribution in [0.1, 0.15) is 18.4 Å². The molecular formula is C15H16N2S. The van der Waals surface area contributed by atoms with Gasteiger partial charge in [0.1, 0.15) is 0 Å². The molecule has 0 amide bonds. The summed E-state index contributed by atoms with van der Waals surface area (Å²) in [7, 11) is 0. The highest BCUT2D eigenvalue weighted by Crippen LogP contribution is 2.47. The standard InChI is InChI=1S/C15H16N2S/c1-18-14-5-3-2-4-12(14)11-6-9-17-10-13(11)15(16)7-8-15/h2-6,9-10H,7-8,16H2,1H3. The second-order valence-electron chi connectivity index (χ2n) is 4.78. The topological polar surface area (TPSA) is 38.9 Å². The molecule has 0 bridgehead atoms. The molecular weight excluding hydrogens is 240 g/mol. The van der Waals surface area contributed by atoms with E-state index in [4.69, 9.17) is 5.73 Å². The molecule has 1 fully saturated rings. The third-order valence-corrected chi connectivity index (χ3v) is 4.34. The van der Waals surface area contributed by atoms with E-state index in [9.17, 15) is 0 Å². The molecule has 3 rings (SSSR count). The maximum atomic E-state index is 6.35. The van der Waals surface area contributed by atoms with Gasteiger partial charge in [0, 0.05) is 22.8 Å². The Balaban J connectivity index is 2.17. The Bertz CT molecular complexity index is 576. The predicted molar refractivity (Wildman–Crippen MR) is 76.6 cm³/mol. The van der Waals surface area contributed by atoms with Crippen LogP contribution in [0.5, 0.6) is 0 Å². The van der Waals surface area contributed by atoms with Crippen LogP contribution in [0.2, 0.25) is 0 Å². The summed E-state index contributed by atoms with van der Waals surface area (Å²) >= 11 is 1.77. The number of nitrogens with two attached hydrogens (primary N) is 1. The van der Waals surface area contributed by atoms with Crippen molar-refractivity contribution in [3.63, 3.8) is 0 Å². The summed E-state index contributed by atoms with van der Waals surface area (Å²) in [5.74, 6) is 0. The molecule has 1 aliphatic carbocycles. The maximum Gasteiger partial charge on any atom is 0.0432 e. The minimum Gasteiger partial charge on any atom is -0.321 e. The SMILES string of the molecule is CSc1ccccc1-c1ccncc1C1(N)CC1. The van der Waals surface area contributed by atoms with Crippen LogP contribution in [0.3, 0.4) is 0 Å². The van der Waals surface area contributed by atoms with Crippen molar-refractivity contribution >= 4 is 11.8 Å². The first-order valence-corrected chi connectivity index (χ1v) is 7.34. The van der Waals surface area contributed by atoms with Gasteiger partial charge in [-0.25, -0.2) is 0 Å². The molecule has 0 aliphatic heterocycles. The van der Waals surface area contributed by atoms with E-state index in [0.29, 0.717) is 0 Å². The lowest BCUT2D eigenvalue weighted by Gasteiger charge is -2.16. The van der Waals surface area contributed by atoms with E-state index in [-0.39, 0.29) is 5.54 Å². The molecule has 2 nitrogen and oxygen atoms in total. The van der Waals surface area contributed by atoms with Gasteiger partial charge >= 0.3 is 0 Å². The van der Waals surface area contributed by atoms with E-state index in [1.165, 1.54) is 21.6 Å². The summed E-state index contributed by atoms with van der Waals surface area (Å²) in [4.78, 5) is 5.53. The number of thioether (sulfide) groups is 1. The Morgan fingerprint density at radius 2 is 1.94 bits per heavy atom. The van der Waals surface area contributed by atoms with E-state index in [0.717, 1.165) is 12.8 Å². The molecule has 0 unspecified atom stereocenters. The Morgan fingerprint density at radius 3 is 2.67 bits per heavy atom. The Morgan fingerprint density at radius 1 is 1.17 bits per heavy atom. The lowest BCUT2D eigenvalue weighted by molar-refractivity contribution is 0.737. The van der Waals surface area contributed by atoms with E-state index in [1.54, 1.807) is 11.8 Å². The van der Waals surface area contributed by atoms with Crippen molar-refractivity contribution in [3.05, 3.63) is 48.3 Å². The van der Waals surface area contributed by atoms with Crippen LogP contribution >= 0.6 is 11.8 Å². The molecule has 1 aromatic heterocycles. The number of pyridine rings is 1. The number of hydrogen-bond donors (Lipinski definition) is 1. The minimum absolute atomic E-state index is 0.144. The molecule has 1 aliphatic rings. The first kappa shape index (κ1) is 11.8. The molecule has 3 heteroatoms. The Labute approximate surface area is 112 Å². The summed E-state index contributed by atoms with van der Waals surface area (Å²) in [6.45, 7) is 0. The predicted octanol–water partition coefficient (Wildman–Crippen LogP) is 3.42. The molecule has 2 N–H and O–H groups in total. The zero-order valence-corrected chi connectivity index (χ0v) is 11.2. The van der Waals surface area contributed by atoms with Crippen molar-refractivity contribution in [3.8, 4) is 11.1 Å². The van der Waals surface area contributed by atoms with E-state index < -0.39 is 0 Å². The number of benzene rings is 1. The highest BCUT2D eigenvalue weighted by Gasteiger charge is 2.42. The number of rotatable bonds is 3. The number of hydrogen-bond acceptors (Lipinski definition) is 3. The highest BCUT2D eigenvalue weighted by molar-refractivity contribution is 7.98. The lowest BCUT2D eigenvalue weighted by atomic mass is 9.96. The Hall–Kier alpha value is -1.32. The molecule has 0 atom stereocenters.